The molecule has 2 aromatic rings. The van der Waals surface area contributed by atoms with Gasteiger partial charge in [-0.1, -0.05) is 19.1 Å². The summed E-state index contributed by atoms with van der Waals surface area (Å²) in [5, 5.41) is 7.78. The van der Waals surface area contributed by atoms with Crippen molar-refractivity contribution in [3.05, 3.63) is 35.5 Å². The van der Waals surface area contributed by atoms with Gasteiger partial charge in [-0.2, -0.15) is 5.10 Å². The molecule has 0 atom stereocenters. The summed E-state index contributed by atoms with van der Waals surface area (Å²) in [5.74, 6) is 0.910. The fourth-order valence-electron chi connectivity index (χ4n) is 3.00. The Morgan fingerprint density at radius 3 is 3.05 bits per heavy atom. The summed E-state index contributed by atoms with van der Waals surface area (Å²) < 4.78 is 5.60. The van der Waals surface area contributed by atoms with Gasteiger partial charge in [0.1, 0.15) is 5.75 Å². The van der Waals surface area contributed by atoms with Crippen molar-refractivity contribution in [1.82, 2.24) is 15.1 Å². The monoisotopic (exact) mass is 285 g/mol. The highest BCUT2D eigenvalue weighted by atomic mass is 16.5. The van der Waals surface area contributed by atoms with Gasteiger partial charge in [-0.25, -0.2) is 0 Å². The van der Waals surface area contributed by atoms with Crippen LogP contribution in [0, 0.1) is 0 Å². The van der Waals surface area contributed by atoms with Gasteiger partial charge >= 0.3 is 0 Å². The van der Waals surface area contributed by atoms with Crippen molar-refractivity contribution in [3.63, 3.8) is 0 Å². The Morgan fingerprint density at radius 2 is 2.24 bits per heavy atom. The molecule has 0 aliphatic carbocycles. The maximum Gasteiger partial charge on any atom is 0.119 e. The van der Waals surface area contributed by atoms with E-state index in [1.807, 2.05) is 19.1 Å². The Bertz CT molecular complexity index is 606. The van der Waals surface area contributed by atoms with E-state index in [-0.39, 0.29) is 0 Å². The van der Waals surface area contributed by atoms with Crippen molar-refractivity contribution in [1.29, 1.82) is 0 Å². The highest BCUT2D eigenvalue weighted by molar-refractivity contribution is 5.65. The van der Waals surface area contributed by atoms with Gasteiger partial charge in [-0.05, 0) is 32.0 Å². The van der Waals surface area contributed by atoms with Crippen LogP contribution in [0.3, 0.4) is 0 Å². The minimum Gasteiger partial charge on any atom is -0.494 e. The number of hydrogen-bond donors (Lipinski definition) is 1. The topological polar surface area (TPSA) is 41.2 Å². The molecule has 3 rings (SSSR count). The lowest BCUT2D eigenvalue weighted by atomic mass is 10.0. The first-order valence-corrected chi connectivity index (χ1v) is 7.83. The lowest BCUT2D eigenvalue weighted by molar-refractivity contribution is 0.254. The molecule has 0 radical (unpaired) electrons. The molecule has 21 heavy (non-hydrogen) atoms. The van der Waals surface area contributed by atoms with E-state index in [4.69, 9.17) is 4.74 Å². The van der Waals surface area contributed by atoms with Gasteiger partial charge in [0.05, 0.1) is 12.3 Å². The molecular formula is C17H23N3O. The van der Waals surface area contributed by atoms with Gasteiger partial charge < -0.3 is 4.74 Å². The largest absolute Gasteiger partial charge is 0.494 e. The summed E-state index contributed by atoms with van der Waals surface area (Å²) in [6, 6.07) is 8.22. The Labute approximate surface area is 126 Å². The van der Waals surface area contributed by atoms with Gasteiger partial charge in [-0.15, -0.1) is 0 Å². The van der Waals surface area contributed by atoms with Crippen LogP contribution in [0.1, 0.15) is 31.5 Å². The molecule has 0 saturated heterocycles. The summed E-state index contributed by atoms with van der Waals surface area (Å²) in [6.45, 7) is 8.20. The Hall–Kier alpha value is -1.81. The molecule has 112 valence electrons. The lowest BCUT2D eigenvalue weighted by Gasteiger charge is -2.26. The number of rotatable bonds is 5. The van der Waals surface area contributed by atoms with Gasteiger partial charge in [0.15, 0.2) is 0 Å². The maximum atomic E-state index is 5.60. The third kappa shape index (κ3) is 2.95. The van der Waals surface area contributed by atoms with E-state index in [1.165, 1.54) is 17.7 Å². The summed E-state index contributed by atoms with van der Waals surface area (Å²) in [5.41, 5.74) is 4.85. The van der Waals surface area contributed by atoms with E-state index in [2.05, 4.69) is 34.2 Å². The average molecular weight is 285 g/mol. The summed E-state index contributed by atoms with van der Waals surface area (Å²) >= 11 is 0. The van der Waals surface area contributed by atoms with Gasteiger partial charge in [0.25, 0.3) is 0 Å². The SMILES string of the molecule is CCCN1CCc2[nH]nc(-c3cccc(OCC)c3)c2C1. The number of aromatic amines is 1. The fourth-order valence-corrected chi connectivity index (χ4v) is 3.00. The molecule has 0 amide bonds. The highest BCUT2D eigenvalue weighted by Gasteiger charge is 2.22. The Morgan fingerprint density at radius 1 is 1.33 bits per heavy atom. The molecule has 4 nitrogen and oxygen atoms in total. The fraction of sp³-hybridized carbons (Fsp3) is 0.471. The number of fused-ring (bicyclic) bond motifs is 1. The zero-order valence-corrected chi connectivity index (χ0v) is 12.9. The molecule has 1 aliphatic heterocycles. The predicted molar refractivity (Wildman–Crippen MR) is 84.5 cm³/mol. The Kier molecular flexibility index (Phi) is 4.25. The van der Waals surface area contributed by atoms with Crippen molar-refractivity contribution in [3.8, 4) is 17.0 Å². The number of aromatic nitrogens is 2. The lowest BCUT2D eigenvalue weighted by Crippen LogP contribution is -2.31. The predicted octanol–water partition coefficient (Wildman–Crippen LogP) is 3.24. The van der Waals surface area contributed by atoms with E-state index >= 15 is 0 Å². The number of hydrogen-bond acceptors (Lipinski definition) is 3. The van der Waals surface area contributed by atoms with Crippen LogP contribution in [-0.2, 0) is 13.0 Å². The van der Waals surface area contributed by atoms with Crippen LogP contribution >= 0.6 is 0 Å². The third-order valence-corrected chi connectivity index (χ3v) is 3.97. The summed E-state index contributed by atoms with van der Waals surface area (Å²) in [4.78, 5) is 2.51. The van der Waals surface area contributed by atoms with Crippen molar-refractivity contribution in [2.75, 3.05) is 19.7 Å². The average Bonchev–Trinajstić information content (AvgIpc) is 2.91. The maximum absolute atomic E-state index is 5.60. The van der Waals surface area contributed by atoms with Crippen LogP contribution < -0.4 is 4.74 Å². The molecular weight excluding hydrogens is 262 g/mol. The first-order chi connectivity index (χ1) is 10.3. The molecule has 1 aliphatic rings. The molecule has 1 N–H and O–H groups in total. The standard InChI is InChI=1S/C17H23N3O/c1-3-9-20-10-8-16-15(12-20)17(19-18-16)13-6-5-7-14(11-13)21-4-2/h5-7,11H,3-4,8-10,12H2,1-2H3,(H,18,19). The van der Waals surface area contributed by atoms with Gasteiger partial charge in [-0.3, -0.25) is 10.00 Å². The summed E-state index contributed by atoms with van der Waals surface area (Å²) in [7, 11) is 0. The van der Waals surface area contributed by atoms with E-state index in [0.717, 1.165) is 43.1 Å². The van der Waals surface area contributed by atoms with Crippen molar-refractivity contribution < 1.29 is 4.74 Å². The molecule has 1 aromatic heterocycles. The molecule has 0 unspecified atom stereocenters. The second kappa shape index (κ2) is 6.31. The molecule has 0 saturated carbocycles. The minimum absolute atomic E-state index is 0.687. The van der Waals surface area contributed by atoms with Crippen LogP contribution in [0.4, 0.5) is 0 Å². The van der Waals surface area contributed by atoms with Crippen LogP contribution in [0.15, 0.2) is 24.3 Å². The van der Waals surface area contributed by atoms with E-state index < -0.39 is 0 Å². The normalized spacial score (nSPS) is 15.0. The quantitative estimate of drug-likeness (QED) is 0.917. The number of ether oxygens (including phenoxy) is 1. The van der Waals surface area contributed by atoms with Gasteiger partial charge in [0.2, 0.25) is 0 Å². The number of H-pyrrole nitrogens is 1. The first-order valence-electron chi connectivity index (χ1n) is 7.83. The molecule has 1 aromatic carbocycles. The van der Waals surface area contributed by atoms with Gasteiger partial charge in [0, 0.05) is 36.3 Å². The van der Waals surface area contributed by atoms with Crippen LogP contribution in [0.5, 0.6) is 5.75 Å². The zero-order chi connectivity index (χ0) is 14.7. The first kappa shape index (κ1) is 14.1. The van der Waals surface area contributed by atoms with Crippen LogP contribution in [0.25, 0.3) is 11.3 Å². The highest BCUT2D eigenvalue weighted by Crippen LogP contribution is 2.30. The molecule has 0 bridgehead atoms. The van der Waals surface area contributed by atoms with Crippen molar-refractivity contribution in [2.24, 2.45) is 0 Å². The smallest absolute Gasteiger partial charge is 0.119 e. The van der Waals surface area contributed by atoms with Crippen molar-refractivity contribution >= 4 is 0 Å². The molecule has 4 heteroatoms. The van der Waals surface area contributed by atoms with Crippen molar-refractivity contribution in [2.45, 2.75) is 33.2 Å². The molecule has 0 fully saturated rings. The number of nitrogens with one attached hydrogen (secondary N) is 1. The number of nitrogens with zero attached hydrogens (tertiary/aromatic N) is 2. The summed E-state index contributed by atoms with van der Waals surface area (Å²) in [6.07, 6.45) is 2.26. The van der Waals surface area contributed by atoms with E-state index in [1.54, 1.807) is 0 Å². The second-order valence-corrected chi connectivity index (χ2v) is 5.52. The third-order valence-electron chi connectivity index (χ3n) is 3.97. The minimum atomic E-state index is 0.687. The number of benzene rings is 1. The van der Waals surface area contributed by atoms with E-state index in [0.29, 0.717) is 6.61 Å². The molecule has 2 heterocycles. The van der Waals surface area contributed by atoms with Crippen LogP contribution in [-0.4, -0.2) is 34.8 Å². The van der Waals surface area contributed by atoms with E-state index in [9.17, 15) is 0 Å². The second-order valence-electron chi connectivity index (χ2n) is 5.52. The Balaban J connectivity index is 1.90. The zero-order valence-electron chi connectivity index (χ0n) is 12.9. The molecule has 0 spiro atoms. The van der Waals surface area contributed by atoms with Crippen LogP contribution in [0.2, 0.25) is 0 Å².